The molecular formula is C10H22N2. The fourth-order valence-electron chi connectivity index (χ4n) is 1.93. The van der Waals surface area contributed by atoms with E-state index in [4.69, 9.17) is 5.73 Å². The molecule has 1 aliphatic rings. The Labute approximate surface area is 76.1 Å². The molecule has 1 saturated heterocycles. The molecule has 1 rings (SSSR count). The van der Waals surface area contributed by atoms with Gasteiger partial charge in [-0.1, -0.05) is 20.3 Å². The van der Waals surface area contributed by atoms with Gasteiger partial charge in [0.05, 0.1) is 0 Å². The zero-order chi connectivity index (χ0) is 8.97. The average Bonchev–Trinajstić information content (AvgIpc) is 2.51. The number of hydrogen-bond acceptors (Lipinski definition) is 2. The van der Waals surface area contributed by atoms with Gasteiger partial charge in [0.15, 0.2) is 0 Å². The van der Waals surface area contributed by atoms with Crippen molar-refractivity contribution in [2.45, 2.75) is 39.2 Å². The van der Waals surface area contributed by atoms with Crippen LogP contribution in [0.1, 0.15) is 33.1 Å². The van der Waals surface area contributed by atoms with Gasteiger partial charge in [-0.15, -0.1) is 0 Å². The van der Waals surface area contributed by atoms with E-state index in [2.05, 4.69) is 18.7 Å². The zero-order valence-electron chi connectivity index (χ0n) is 8.42. The van der Waals surface area contributed by atoms with Crippen molar-refractivity contribution in [3.63, 3.8) is 0 Å². The van der Waals surface area contributed by atoms with Gasteiger partial charge in [-0.05, 0) is 25.3 Å². The molecule has 0 aromatic carbocycles. The molecule has 2 heteroatoms. The van der Waals surface area contributed by atoms with Crippen LogP contribution in [0.5, 0.6) is 0 Å². The van der Waals surface area contributed by atoms with E-state index >= 15 is 0 Å². The fourth-order valence-corrected chi connectivity index (χ4v) is 1.93. The summed E-state index contributed by atoms with van der Waals surface area (Å²) in [7, 11) is 0. The summed E-state index contributed by atoms with van der Waals surface area (Å²) in [6.07, 6.45) is 3.94. The highest BCUT2D eigenvalue weighted by atomic mass is 15.2. The molecule has 1 heterocycles. The number of nitrogens with two attached hydrogens (primary N) is 1. The fraction of sp³-hybridized carbons (Fsp3) is 1.00. The Hall–Kier alpha value is -0.0800. The highest BCUT2D eigenvalue weighted by Gasteiger charge is 2.23. The first-order chi connectivity index (χ1) is 5.77. The molecule has 2 unspecified atom stereocenters. The summed E-state index contributed by atoms with van der Waals surface area (Å²) in [5, 5.41) is 0. The molecule has 0 bridgehead atoms. The molecule has 72 valence electrons. The summed E-state index contributed by atoms with van der Waals surface area (Å²) < 4.78 is 0. The van der Waals surface area contributed by atoms with Crippen molar-refractivity contribution in [1.29, 1.82) is 0 Å². The molecule has 1 aliphatic heterocycles. The summed E-state index contributed by atoms with van der Waals surface area (Å²) in [6.45, 7) is 7.95. The van der Waals surface area contributed by atoms with Crippen LogP contribution in [0.15, 0.2) is 0 Å². The minimum Gasteiger partial charge on any atom is -0.329 e. The van der Waals surface area contributed by atoms with Crippen LogP contribution < -0.4 is 5.73 Å². The smallest absolute Gasteiger partial charge is 0.0219 e. The zero-order valence-corrected chi connectivity index (χ0v) is 8.42. The minimum atomic E-state index is 0.680. The van der Waals surface area contributed by atoms with Gasteiger partial charge in [-0.3, -0.25) is 4.90 Å². The van der Waals surface area contributed by atoms with E-state index in [1.165, 1.54) is 32.4 Å². The van der Waals surface area contributed by atoms with Gasteiger partial charge in [-0.2, -0.15) is 0 Å². The topological polar surface area (TPSA) is 29.3 Å². The Bertz CT molecular complexity index is 125. The molecule has 1 fully saturated rings. The maximum atomic E-state index is 5.70. The number of likely N-dealkylation sites (tertiary alicyclic amines) is 1. The van der Waals surface area contributed by atoms with Crippen LogP contribution in [0.2, 0.25) is 0 Å². The molecule has 0 aromatic heterocycles. The number of hydrogen-bond donors (Lipinski definition) is 1. The van der Waals surface area contributed by atoms with Crippen LogP contribution in [-0.2, 0) is 0 Å². The normalized spacial score (nSPS) is 27.8. The predicted octanol–water partition coefficient (Wildman–Crippen LogP) is 1.46. The van der Waals surface area contributed by atoms with Crippen molar-refractivity contribution in [1.82, 2.24) is 4.90 Å². The molecule has 2 nitrogen and oxygen atoms in total. The molecular weight excluding hydrogens is 148 g/mol. The van der Waals surface area contributed by atoms with E-state index in [-0.39, 0.29) is 0 Å². The molecule has 2 N–H and O–H groups in total. The minimum absolute atomic E-state index is 0.680. The van der Waals surface area contributed by atoms with Gasteiger partial charge in [-0.25, -0.2) is 0 Å². The van der Waals surface area contributed by atoms with E-state index in [9.17, 15) is 0 Å². The lowest BCUT2D eigenvalue weighted by atomic mass is 10.1. The third-order valence-electron chi connectivity index (χ3n) is 3.01. The Morgan fingerprint density at radius 3 is 2.92 bits per heavy atom. The Balaban J connectivity index is 2.30. The van der Waals surface area contributed by atoms with Crippen LogP contribution in [0.4, 0.5) is 0 Å². The van der Waals surface area contributed by atoms with E-state index < -0.39 is 0 Å². The van der Waals surface area contributed by atoms with Gasteiger partial charge in [0, 0.05) is 19.1 Å². The quantitative estimate of drug-likeness (QED) is 0.692. The summed E-state index contributed by atoms with van der Waals surface area (Å²) in [5.41, 5.74) is 5.70. The summed E-state index contributed by atoms with van der Waals surface area (Å²) >= 11 is 0. The Morgan fingerprint density at radius 2 is 2.33 bits per heavy atom. The van der Waals surface area contributed by atoms with E-state index in [0.717, 1.165) is 12.5 Å². The van der Waals surface area contributed by atoms with E-state index in [0.29, 0.717) is 6.04 Å². The second-order valence-electron chi connectivity index (χ2n) is 4.04. The lowest BCUT2D eigenvalue weighted by molar-refractivity contribution is 0.222. The molecule has 12 heavy (non-hydrogen) atoms. The molecule has 0 aromatic rings. The number of rotatable bonds is 4. The lowest BCUT2D eigenvalue weighted by Crippen LogP contribution is -2.37. The van der Waals surface area contributed by atoms with Gasteiger partial charge < -0.3 is 5.73 Å². The van der Waals surface area contributed by atoms with Crippen LogP contribution in [0, 0.1) is 5.92 Å². The van der Waals surface area contributed by atoms with Crippen molar-refractivity contribution >= 4 is 0 Å². The second kappa shape index (κ2) is 4.83. The van der Waals surface area contributed by atoms with Crippen molar-refractivity contribution in [2.75, 3.05) is 19.6 Å². The van der Waals surface area contributed by atoms with Crippen LogP contribution in [0.25, 0.3) is 0 Å². The highest BCUT2D eigenvalue weighted by Crippen LogP contribution is 2.18. The molecule has 0 saturated carbocycles. The summed E-state index contributed by atoms with van der Waals surface area (Å²) in [5.74, 6) is 0.831. The first-order valence-corrected chi connectivity index (χ1v) is 5.22. The van der Waals surface area contributed by atoms with E-state index in [1.807, 2.05) is 0 Å². The van der Waals surface area contributed by atoms with Gasteiger partial charge in [0.2, 0.25) is 0 Å². The lowest BCUT2D eigenvalue weighted by Gasteiger charge is -2.25. The first kappa shape index (κ1) is 10.0. The second-order valence-corrected chi connectivity index (χ2v) is 4.04. The Morgan fingerprint density at radius 1 is 1.58 bits per heavy atom. The Kier molecular flexibility index (Phi) is 4.02. The monoisotopic (exact) mass is 170 g/mol. The predicted molar refractivity (Wildman–Crippen MR) is 53.1 cm³/mol. The molecule has 0 spiro atoms. The van der Waals surface area contributed by atoms with E-state index in [1.54, 1.807) is 0 Å². The van der Waals surface area contributed by atoms with Crippen LogP contribution in [-0.4, -0.2) is 30.6 Å². The third kappa shape index (κ3) is 2.46. The molecule has 0 amide bonds. The van der Waals surface area contributed by atoms with Crippen LogP contribution in [0.3, 0.4) is 0 Å². The molecule has 2 atom stereocenters. The number of nitrogens with zero attached hydrogens (tertiary/aromatic N) is 1. The van der Waals surface area contributed by atoms with Gasteiger partial charge in [0.1, 0.15) is 0 Å². The first-order valence-electron chi connectivity index (χ1n) is 5.22. The third-order valence-corrected chi connectivity index (χ3v) is 3.01. The van der Waals surface area contributed by atoms with Crippen molar-refractivity contribution < 1.29 is 0 Å². The maximum Gasteiger partial charge on any atom is 0.0219 e. The SMILES string of the molecule is CCC(C)CN1CCCC1CN. The van der Waals surface area contributed by atoms with Crippen molar-refractivity contribution in [3.05, 3.63) is 0 Å². The van der Waals surface area contributed by atoms with Crippen LogP contribution >= 0.6 is 0 Å². The highest BCUT2D eigenvalue weighted by molar-refractivity contribution is 4.80. The van der Waals surface area contributed by atoms with Gasteiger partial charge in [0.25, 0.3) is 0 Å². The standard InChI is InChI=1S/C10H22N2/c1-3-9(2)8-12-6-4-5-10(12)7-11/h9-10H,3-8,11H2,1-2H3. The molecule has 0 aliphatic carbocycles. The summed E-state index contributed by atoms with van der Waals surface area (Å²) in [6, 6.07) is 0.680. The maximum absolute atomic E-state index is 5.70. The van der Waals surface area contributed by atoms with Crippen molar-refractivity contribution in [3.8, 4) is 0 Å². The molecule has 0 radical (unpaired) electrons. The average molecular weight is 170 g/mol. The largest absolute Gasteiger partial charge is 0.329 e. The summed E-state index contributed by atoms with van der Waals surface area (Å²) in [4.78, 5) is 2.56. The van der Waals surface area contributed by atoms with Gasteiger partial charge >= 0.3 is 0 Å². The van der Waals surface area contributed by atoms with Crippen molar-refractivity contribution in [2.24, 2.45) is 11.7 Å².